The quantitative estimate of drug-likeness (QED) is 0.834. The highest BCUT2D eigenvalue weighted by molar-refractivity contribution is 7.80. The molecule has 0 amide bonds. The van der Waals surface area contributed by atoms with E-state index in [2.05, 4.69) is 0 Å². The van der Waals surface area contributed by atoms with Gasteiger partial charge in [-0.15, -0.1) is 0 Å². The molecule has 0 aliphatic carbocycles. The topological polar surface area (TPSA) is 44.5 Å². The van der Waals surface area contributed by atoms with Gasteiger partial charge in [-0.05, 0) is 24.6 Å². The van der Waals surface area contributed by atoms with Gasteiger partial charge < -0.3 is 15.2 Å². The van der Waals surface area contributed by atoms with Gasteiger partial charge in [-0.2, -0.15) is 0 Å². The molecule has 5 heteroatoms. The molecule has 3 nitrogen and oxygen atoms in total. The van der Waals surface area contributed by atoms with E-state index >= 15 is 0 Å². The second-order valence-electron chi connectivity index (χ2n) is 4.05. The molecule has 2 rings (SSSR count). The fourth-order valence-corrected chi connectivity index (χ4v) is 1.82. The van der Waals surface area contributed by atoms with Crippen molar-refractivity contribution in [2.75, 3.05) is 19.8 Å². The highest BCUT2D eigenvalue weighted by Gasteiger charge is 2.17. The Morgan fingerprint density at radius 1 is 1.59 bits per heavy atom. The van der Waals surface area contributed by atoms with Gasteiger partial charge >= 0.3 is 0 Å². The van der Waals surface area contributed by atoms with Gasteiger partial charge in [-0.3, -0.25) is 0 Å². The van der Waals surface area contributed by atoms with Crippen molar-refractivity contribution in [3.05, 3.63) is 29.6 Å². The molecule has 2 N–H and O–H groups in total. The molecule has 1 aliphatic heterocycles. The van der Waals surface area contributed by atoms with E-state index < -0.39 is 5.82 Å². The van der Waals surface area contributed by atoms with Crippen LogP contribution in [0.4, 0.5) is 4.39 Å². The van der Waals surface area contributed by atoms with Crippen molar-refractivity contribution in [1.29, 1.82) is 0 Å². The average molecular weight is 255 g/mol. The summed E-state index contributed by atoms with van der Waals surface area (Å²) in [5.41, 5.74) is 5.92. The lowest BCUT2D eigenvalue weighted by Gasteiger charge is -2.11. The Bertz CT molecular complexity index is 419. The van der Waals surface area contributed by atoms with Gasteiger partial charge in [0.1, 0.15) is 4.99 Å². The van der Waals surface area contributed by atoms with Crippen LogP contribution in [-0.4, -0.2) is 24.8 Å². The minimum Gasteiger partial charge on any atom is -0.490 e. The van der Waals surface area contributed by atoms with Crippen molar-refractivity contribution < 1.29 is 13.9 Å². The zero-order valence-corrected chi connectivity index (χ0v) is 10.1. The molecule has 1 unspecified atom stereocenters. The van der Waals surface area contributed by atoms with Gasteiger partial charge in [0.25, 0.3) is 0 Å². The first-order valence-electron chi connectivity index (χ1n) is 5.46. The minimum absolute atomic E-state index is 0.180. The molecule has 1 saturated heterocycles. The lowest BCUT2D eigenvalue weighted by molar-refractivity contribution is 0.165. The number of hydrogen-bond donors (Lipinski definition) is 1. The van der Waals surface area contributed by atoms with Crippen LogP contribution >= 0.6 is 12.2 Å². The molecule has 1 atom stereocenters. The maximum absolute atomic E-state index is 13.6. The molecule has 1 fully saturated rings. The SMILES string of the molecule is NC(=S)c1ccc(OCC2CCOC2)c(F)c1. The minimum atomic E-state index is -0.436. The highest BCUT2D eigenvalue weighted by atomic mass is 32.1. The summed E-state index contributed by atoms with van der Waals surface area (Å²) >= 11 is 4.77. The fraction of sp³-hybridized carbons (Fsp3) is 0.417. The Balaban J connectivity index is 1.98. The van der Waals surface area contributed by atoms with Crippen molar-refractivity contribution in [2.24, 2.45) is 11.7 Å². The van der Waals surface area contributed by atoms with Gasteiger partial charge in [-0.25, -0.2) is 4.39 Å². The summed E-state index contributed by atoms with van der Waals surface area (Å²) in [6.07, 6.45) is 0.965. The third-order valence-corrected chi connectivity index (χ3v) is 2.95. The Hall–Kier alpha value is -1.20. The highest BCUT2D eigenvalue weighted by Crippen LogP contribution is 2.20. The van der Waals surface area contributed by atoms with Crippen molar-refractivity contribution in [1.82, 2.24) is 0 Å². The maximum Gasteiger partial charge on any atom is 0.165 e. The van der Waals surface area contributed by atoms with E-state index in [0.29, 0.717) is 24.7 Å². The first-order valence-corrected chi connectivity index (χ1v) is 5.87. The summed E-state index contributed by atoms with van der Waals surface area (Å²) in [6, 6.07) is 4.51. The van der Waals surface area contributed by atoms with Crippen LogP contribution in [0.1, 0.15) is 12.0 Å². The van der Waals surface area contributed by atoms with Crippen molar-refractivity contribution in [3.8, 4) is 5.75 Å². The second kappa shape index (κ2) is 5.42. The Labute approximate surface area is 105 Å². The Morgan fingerprint density at radius 3 is 3.00 bits per heavy atom. The molecule has 0 radical (unpaired) electrons. The van der Waals surface area contributed by atoms with Crippen LogP contribution in [0.3, 0.4) is 0 Å². The molecule has 1 aromatic carbocycles. The van der Waals surface area contributed by atoms with Gasteiger partial charge in [0.05, 0.1) is 13.2 Å². The lowest BCUT2D eigenvalue weighted by atomic mass is 10.1. The van der Waals surface area contributed by atoms with Crippen LogP contribution in [0.5, 0.6) is 5.75 Å². The van der Waals surface area contributed by atoms with E-state index in [1.807, 2.05) is 0 Å². The van der Waals surface area contributed by atoms with Crippen LogP contribution in [0, 0.1) is 11.7 Å². The zero-order valence-electron chi connectivity index (χ0n) is 9.32. The van der Waals surface area contributed by atoms with E-state index in [1.54, 1.807) is 12.1 Å². The van der Waals surface area contributed by atoms with Crippen molar-refractivity contribution in [2.45, 2.75) is 6.42 Å². The Kier molecular flexibility index (Phi) is 3.91. The molecule has 0 bridgehead atoms. The smallest absolute Gasteiger partial charge is 0.165 e. The average Bonchev–Trinajstić information content (AvgIpc) is 2.80. The monoisotopic (exact) mass is 255 g/mol. The third kappa shape index (κ3) is 3.14. The summed E-state index contributed by atoms with van der Waals surface area (Å²) in [7, 11) is 0. The number of thiocarbonyl (C=S) groups is 1. The van der Waals surface area contributed by atoms with Crippen molar-refractivity contribution in [3.63, 3.8) is 0 Å². The van der Waals surface area contributed by atoms with Crippen LogP contribution in [0.15, 0.2) is 18.2 Å². The van der Waals surface area contributed by atoms with Gasteiger partial charge in [0, 0.05) is 18.1 Å². The Morgan fingerprint density at radius 2 is 2.41 bits per heavy atom. The molecule has 0 saturated carbocycles. The normalized spacial score (nSPS) is 19.2. The summed E-state index contributed by atoms with van der Waals surface area (Å²) in [6.45, 7) is 1.92. The van der Waals surface area contributed by atoms with Gasteiger partial charge in [0.15, 0.2) is 11.6 Å². The number of nitrogens with two attached hydrogens (primary N) is 1. The van der Waals surface area contributed by atoms with E-state index in [0.717, 1.165) is 13.0 Å². The molecular weight excluding hydrogens is 241 g/mol. The predicted octanol–water partition coefficient (Wildman–Crippen LogP) is 1.88. The predicted molar refractivity (Wildman–Crippen MR) is 66.7 cm³/mol. The largest absolute Gasteiger partial charge is 0.490 e. The van der Waals surface area contributed by atoms with E-state index in [-0.39, 0.29) is 10.7 Å². The molecule has 17 heavy (non-hydrogen) atoms. The summed E-state index contributed by atoms with van der Waals surface area (Å²) in [4.78, 5) is 0.180. The standard InChI is InChI=1S/C12H14FNO2S/c13-10-5-9(12(14)17)1-2-11(10)16-7-8-3-4-15-6-8/h1-2,5,8H,3-4,6-7H2,(H2,14,17). The molecule has 1 aliphatic rings. The number of benzene rings is 1. The second-order valence-corrected chi connectivity index (χ2v) is 4.49. The molecule has 0 spiro atoms. The lowest BCUT2D eigenvalue weighted by Crippen LogP contribution is -2.13. The molecule has 92 valence electrons. The first-order chi connectivity index (χ1) is 8.16. The van der Waals surface area contributed by atoms with E-state index in [4.69, 9.17) is 27.4 Å². The number of ether oxygens (including phenoxy) is 2. The summed E-state index contributed by atoms with van der Waals surface area (Å²) in [5.74, 6) is 0.149. The van der Waals surface area contributed by atoms with Gasteiger partial charge in [-0.1, -0.05) is 12.2 Å². The van der Waals surface area contributed by atoms with Crippen molar-refractivity contribution >= 4 is 17.2 Å². The number of rotatable bonds is 4. The first kappa shape index (κ1) is 12.3. The number of halogens is 1. The van der Waals surface area contributed by atoms with Gasteiger partial charge in [0.2, 0.25) is 0 Å². The maximum atomic E-state index is 13.6. The molecule has 1 heterocycles. The molecular formula is C12H14FNO2S. The van der Waals surface area contributed by atoms with E-state index in [1.165, 1.54) is 6.07 Å². The fourth-order valence-electron chi connectivity index (χ4n) is 1.69. The van der Waals surface area contributed by atoms with E-state index in [9.17, 15) is 4.39 Å². The third-order valence-electron chi connectivity index (χ3n) is 2.71. The summed E-state index contributed by atoms with van der Waals surface area (Å²) in [5, 5.41) is 0. The van der Waals surface area contributed by atoms with Crippen LogP contribution < -0.4 is 10.5 Å². The molecule has 1 aromatic rings. The van der Waals surface area contributed by atoms with Crippen LogP contribution in [-0.2, 0) is 4.74 Å². The summed E-state index contributed by atoms with van der Waals surface area (Å²) < 4.78 is 24.2. The number of hydrogen-bond acceptors (Lipinski definition) is 3. The zero-order chi connectivity index (χ0) is 12.3. The van der Waals surface area contributed by atoms with Crippen LogP contribution in [0.25, 0.3) is 0 Å². The van der Waals surface area contributed by atoms with Crippen LogP contribution in [0.2, 0.25) is 0 Å². The molecule has 0 aromatic heterocycles.